The van der Waals surface area contributed by atoms with E-state index in [1.807, 2.05) is 85.7 Å². The Morgan fingerprint density at radius 3 is 2.48 bits per heavy atom. The quantitative estimate of drug-likeness (QED) is 0.531. The normalized spacial score (nSPS) is 11.5. The van der Waals surface area contributed by atoms with Gasteiger partial charge in [-0.15, -0.1) is 0 Å². The number of thioether (sulfide) groups is 1. The maximum Gasteiger partial charge on any atom is 0.247 e. The van der Waals surface area contributed by atoms with E-state index in [2.05, 4.69) is 0 Å². The Bertz CT molecular complexity index is 720. The second kappa shape index (κ2) is 8.77. The molecule has 0 radical (unpaired) electrons. The van der Waals surface area contributed by atoms with Crippen LogP contribution in [-0.2, 0) is 11.3 Å². The van der Waals surface area contributed by atoms with E-state index in [1.165, 1.54) is 0 Å². The van der Waals surface area contributed by atoms with Crippen LogP contribution in [0.25, 0.3) is 0 Å². The van der Waals surface area contributed by atoms with Crippen LogP contribution in [0, 0.1) is 0 Å². The summed E-state index contributed by atoms with van der Waals surface area (Å²) in [5.74, 6) is 0.799. The largest absolute Gasteiger partial charge is 0.497 e. The van der Waals surface area contributed by atoms with Gasteiger partial charge in [-0.1, -0.05) is 42.1 Å². The Morgan fingerprint density at radius 2 is 1.84 bits per heavy atom. The standard InChI is InChI=1S/C21H25NO2S/c1-21(2,3)22(16-17-9-8-10-18(15-17)24-4)20(23)13-14-25-19-11-6-5-7-12-19/h5-15H,16H2,1-4H3/b14-13+. The average Bonchev–Trinajstić information content (AvgIpc) is 2.59. The van der Waals surface area contributed by atoms with E-state index in [9.17, 15) is 4.79 Å². The van der Waals surface area contributed by atoms with Crippen molar-refractivity contribution in [2.75, 3.05) is 7.11 Å². The van der Waals surface area contributed by atoms with E-state index >= 15 is 0 Å². The van der Waals surface area contributed by atoms with Crippen molar-refractivity contribution in [2.24, 2.45) is 0 Å². The molecule has 0 unspecified atom stereocenters. The van der Waals surface area contributed by atoms with Gasteiger partial charge in [0.1, 0.15) is 5.75 Å². The number of ether oxygens (including phenoxy) is 1. The number of benzene rings is 2. The Balaban J connectivity index is 2.09. The van der Waals surface area contributed by atoms with Gasteiger partial charge in [-0.2, -0.15) is 0 Å². The molecule has 3 nitrogen and oxygen atoms in total. The highest BCUT2D eigenvalue weighted by Crippen LogP contribution is 2.22. The Hall–Kier alpha value is -2.20. The Kier molecular flexibility index (Phi) is 6.71. The molecule has 132 valence electrons. The molecule has 0 atom stereocenters. The average molecular weight is 356 g/mol. The molecule has 0 bridgehead atoms. The van der Waals surface area contributed by atoms with Gasteiger partial charge < -0.3 is 9.64 Å². The van der Waals surface area contributed by atoms with Crippen LogP contribution >= 0.6 is 11.8 Å². The van der Waals surface area contributed by atoms with Gasteiger partial charge in [0.05, 0.1) is 7.11 Å². The van der Waals surface area contributed by atoms with Gasteiger partial charge in [-0.05, 0) is 56.0 Å². The molecule has 0 aliphatic carbocycles. The number of hydrogen-bond donors (Lipinski definition) is 0. The van der Waals surface area contributed by atoms with E-state index in [-0.39, 0.29) is 11.4 Å². The van der Waals surface area contributed by atoms with Crippen molar-refractivity contribution in [3.63, 3.8) is 0 Å². The highest BCUT2D eigenvalue weighted by Gasteiger charge is 2.25. The fourth-order valence-electron chi connectivity index (χ4n) is 2.36. The van der Waals surface area contributed by atoms with Gasteiger partial charge in [-0.25, -0.2) is 0 Å². The van der Waals surface area contributed by atoms with Crippen LogP contribution < -0.4 is 4.74 Å². The maximum atomic E-state index is 12.7. The number of amides is 1. The number of rotatable bonds is 6. The summed E-state index contributed by atoms with van der Waals surface area (Å²) in [6, 6.07) is 17.8. The van der Waals surface area contributed by atoms with Gasteiger partial charge >= 0.3 is 0 Å². The summed E-state index contributed by atoms with van der Waals surface area (Å²) in [4.78, 5) is 15.7. The lowest BCUT2D eigenvalue weighted by Gasteiger charge is -2.35. The first-order chi connectivity index (χ1) is 11.9. The third-order valence-electron chi connectivity index (χ3n) is 3.71. The van der Waals surface area contributed by atoms with E-state index in [4.69, 9.17) is 4.74 Å². The lowest BCUT2D eigenvalue weighted by Crippen LogP contribution is -2.44. The lowest BCUT2D eigenvalue weighted by molar-refractivity contribution is -0.131. The highest BCUT2D eigenvalue weighted by molar-refractivity contribution is 8.02. The van der Waals surface area contributed by atoms with Crippen molar-refractivity contribution in [3.8, 4) is 5.75 Å². The molecule has 0 saturated heterocycles. The van der Waals surface area contributed by atoms with Crippen molar-refractivity contribution >= 4 is 17.7 Å². The topological polar surface area (TPSA) is 29.5 Å². The number of carbonyl (C=O) groups is 1. The van der Waals surface area contributed by atoms with Crippen LogP contribution in [0.2, 0.25) is 0 Å². The minimum absolute atomic E-state index is 0.00116. The fourth-order valence-corrected chi connectivity index (χ4v) is 3.01. The molecular formula is C21H25NO2S. The second-order valence-electron chi connectivity index (χ2n) is 6.68. The molecule has 2 rings (SSSR count). The molecule has 0 saturated carbocycles. The predicted octanol–water partition coefficient (Wildman–Crippen LogP) is 5.13. The summed E-state index contributed by atoms with van der Waals surface area (Å²) in [5, 5.41) is 1.85. The van der Waals surface area contributed by atoms with Crippen molar-refractivity contribution in [3.05, 3.63) is 71.6 Å². The summed E-state index contributed by atoms with van der Waals surface area (Å²) in [5.41, 5.74) is 0.772. The molecule has 0 aromatic heterocycles. The van der Waals surface area contributed by atoms with Crippen LogP contribution in [0.3, 0.4) is 0 Å². The first kappa shape index (κ1) is 19.1. The van der Waals surface area contributed by atoms with Crippen molar-refractivity contribution in [1.82, 2.24) is 4.90 Å². The number of carbonyl (C=O) groups excluding carboxylic acids is 1. The maximum absolute atomic E-state index is 12.7. The molecule has 2 aromatic rings. The minimum Gasteiger partial charge on any atom is -0.497 e. The molecule has 0 aliphatic rings. The molecule has 4 heteroatoms. The molecule has 0 N–H and O–H groups in total. The number of nitrogens with zero attached hydrogens (tertiary/aromatic N) is 1. The summed E-state index contributed by atoms with van der Waals surface area (Å²) >= 11 is 1.54. The summed E-state index contributed by atoms with van der Waals surface area (Å²) in [6.45, 7) is 6.68. The molecule has 2 aromatic carbocycles. The zero-order chi connectivity index (χ0) is 18.3. The third kappa shape index (κ3) is 5.98. The van der Waals surface area contributed by atoms with E-state index in [1.54, 1.807) is 24.9 Å². The highest BCUT2D eigenvalue weighted by atomic mass is 32.2. The third-order valence-corrected chi connectivity index (χ3v) is 4.53. The summed E-state index contributed by atoms with van der Waals surface area (Å²) < 4.78 is 5.28. The van der Waals surface area contributed by atoms with Gasteiger partial charge in [0, 0.05) is 23.1 Å². The first-order valence-electron chi connectivity index (χ1n) is 8.23. The Morgan fingerprint density at radius 1 is 1.12 bits per heavy atom. The molecule has 0 spiro atoms. The first-order valence-corrected chi connectivity index (χ1v) is 9.11. The summed E-state index contributed by atoms with van der Waals surface area (Å²) in [7, 11) is 1.65. The van der Waals surface area contributed by atoms with Crippen LogP contribution in [-0.4, -0.2) is 23.5 Å². The minimum atomic E-state index is -0.276. The smallest absolute Gasteiger partial charge is 0.247 e. The van der Waals surface area contributed by atoms with Crippen molar-refractivity contribution < 1.29 is 9.53 Å². The molecule has 0 aliphatic heterocycles. The van der Waals surface area contributed by atoms with Crippen LogP contribution in [0.1, 0.15) is 26.3 Å². The zero-order valence-electron chi connectivity index (χ0n) is 15.2. The van der Waals surface area contributed by atoms with E-state index in [0.717, 1.165) is 16.2 Å². The summed E-state index contributed by atoms with van der Waals surface area (Å²) in [6.07, 6.45) is 1.64. The van der Waals surface area contributed by atoms with Crippen LogP contribution in [0.4, 0.5) is 0 Å². The molecule has 0 heterocycles. The van der Waals surface area contributed by atoms with Gasteiger partial charge in [0.25, 0.3) is 0 Å². The number of hydrogen-bond acceptors (Lipinski definition) is 3. The number of methoxy groups -OCH3 is 1. The molecule has 0 fully saturated rings. The van der Waals surface area contributed by atoms with Crippen LogP contribution in [0.5, 0.6) is 5.75 Å². The van der Waals surface area contributed by atoms with Crippen molar-refractivity contribution in [1.29, 1.82) is 0 Å². The van der Waals surface area contributed by atoms with E-state index < -0.39 is 0 Å². The second-order valence-corrected chi connectivity index (χ2v) is 7.66. The van der Waals surface area contributed by atoms with E-state index in [0.29, 0.717) is 6.54 Å². The predicted molar refractivity (Wildman–Crippen MR) is 105 cm³/mol. The SMILES string of the molecule is COc1cccc(CN(C(=O)/C=C/Sc2ccccc2)C(C)(C)C)c1. The van der Waals surface area contributed by atoms with Gasteiger partial charge in [-0.3, -0.25) is 4.79 Å². The molecule has 1 amide bonds. The zero-order valence-corrected chi connectivity index (χ0v) is 16.0. The molecule has 25 heavy (non-hydrogen) atoms. The fraction of sp³-hybridized carbons (Fsp3) is 0.286. The van der Waals surface area contributed by atoms with Gasteiger partial charge in [0.2, 0.25) is 5.91 Å². The van der Waals surface area contributed by atoms with Crippen LogP contribution in [0.15, 0.2) is 71.0 Å². The monoisotopic (exact) mass is 355 g/mol. The Labute approximate surface area is 154 Å². The van der Waals surface area contributed by atoms with Gasteiger partial charge in [0.15, 0.2) is 0 Å². The lowest BCUT2D eigenvalue weighted by atomic mass is 10.0. The van der Waals surface area contributed by atoms with Crippen molar-refractivity contribution in [2.45, 2.75) is 37.8 Å². The molecular weight excluding hydrogens is 330 g/mol.